The third kappa shape index (κ3) is 10.1. The molecular weight excluding hydrogens is 516 g/mol. The fraction of sp³-hybridized carbons (Fsp3) is 0.464. The van der Waals surface area contributed by atoms with Gasteiger partial charge in [-0.3, -0.25) is 24.1 Å². The number of nitrogens with one attached hydrogen (secondary N) is 3. The molecule has 3 rings (SSSR count). The van der Waals surface area contributed by atoms with E-state index >= 15 is 0 Å². The molecule has 0 radical (unpaired) electrons. The molecule has 12 heteroatoms. The monoisotopic (exact) mass is 554 g/mol. The zero-order valence-corrected chi connectivity index (χ0v) is 23.2. The smallest absolute Gasteiger partial charge is 0.290 e. The lowest BCUT2D eigenvalue weighted by atomic mass is 10.0. The summed E-state index contributed by atoms with van der Waals surface area (Å²) >= 11 is 0. The second-order valence-corrected chi connectivity index (χ2v) is 9.46. The summed E-state index contributed by atoms with van der Waals surface area (Å²) in [4.78, 5) is 53.9. The van der Waals surface area contributed by atoms with Crippen molar-refractivity contribution in [3.63, 3.8) is 0 Å². The standard InChI is InChI=1S/C27H36N6O4.CH2O2/c1-19-26(35)29-11-5-13-33(18-21-14-22(16-28)30-17-21)12-4-6-25(34)31-24(27(36)32(19)2)15-20-7-9-23(37-3)10-8-20;2-1-3/h7-10,14,17,19,24,30H,4-6,11-13,15,18H2,1-3H3,(H,29,35)(H,31,34);1H,(H,2,3)/t19-,24-;/m0./s1. The van der Waals surface area contributed by atoms with E-state index in [1.54, 1.807) is 21.1 Å². The molecule has 3 amide bonds. The minimum atomic E-state index is -0.799. The third-order valence-electron chi connectivity index (χ3n) is 6.64. The second-order valence-electron chi connectivity index (χ2n) is 9.46. The molecule has 0 saturated carbocycles. The summed E-state index contributed by atoms with van der Waals surface area (Å²) in [5.41, 5.74) is 2.37. The molecule has 1 aliphatic rings. The van der Waals surface area contributed by atoms with Crippen molar-refractivity contribution in [3.8, 4) is 11.8 Å². The van der Waals surface area contributed by atoms with Gasteiger partial charge < -0.3 is 30.4 Å². The largest absolute Gasteiger partial charge is 0.497 e. The molecule has 0 unspecified atom stereocenters. The normalized spacial score (nSPS) is 19.6. The molecule has 0 bridgehead atoms. The van der Waals surface area contributed by atoms with Gasteiger partial charge in [-0.05, 0) is 55.6 Å². The average Bonchev–Trinajstić information content (AvgIpc) is 3.41. The Labute approximate surface area is 234 Å². The van der Waals surface area contributed by atoms with E-state index < -0.39 is 12.1 Å². The van der Waals surface area contributed by atoms with Crippen molar-refractivity contribution in [2.24, 2.45) is 0 Å². The molecule has 1 saturated heterocycles. The number of ether oxygens (including phenoxy) is 1. The van der Waals surface area contributed by atoms with Crippen molar-refractivity contribution in [3.05, 3.63) is 53.3 Å². The summed E-state index contributed by atoms with van der Waals surface area (Å²) in [7, 11) is 3.18. The van der Waals surface area contributed by atoms with Gasteiger partial charge in [0.05, 0.1) is 7.11 Å². The summed E-state index contributed by atoms with van der Waals surface area (Å²) in [6.45, 7) is 3.93. The lowest BCUT2D eigenvalue weighted by Crippen LogP contribution is -2.54. The third-order valence-corrected chi connectivity index (χ3v) is 6.64. The summed E-state index contributed by atoms with van der Waals surface area (Å²) in [6.07, 6.45) is 3.72. The zero-order valence-electron chi connectivity index (χ0n) is 23.2. The quantitative estimate of drug-likeness (QED) is 0.401. The number of carboxylic acid groups (broad SMARTS) is 1. The van der Waals surface area contributed by atoms with Gasteiger partial charge >= 0.3 is 0 Å². The number of nitrogens with zero attached hydrogens (tertiary/aromatic N) is 3. The number of amides is 3. The number of H-pyrrole nitrogens is 1. The van der Waals surface area contributed by atoms with Gasteiger partial charge in [0.25, 0.3) is 6.47 Å². The molecule has 0 aliphatic carbocycles. The Morgan fingerprint density at radius 1 is 1.15 bits per heavy atom. The Morgan fingerprint density at radius 2 is 1.82 bits per heavy atom. The van der Waals surface area contributed by atoms with Crippen molar-refractivity contribution in [2.45, 2.75) is 51.2 Å². The van der Waals surface area contributed by atoms with E-state index in [9.17, 15) is 14.4 Å². The molecule has 216 valence electrons. The Kier molecular flexibility index (Phi) is 13.2. The number of aromatic nitrogens is 1. The van der Waals surface area contributed by atoms with Crippen LogP contribution in [0.3, 0.4) is 0 Å². The molecular formula is C28H38N6O6. The van der Waals surface area contributed by atoms with Crippen LogP contribution >= 0.6 is 0 Å². The number of carbonyl (C=O) groups excluding carboxylic acids is 3. The van der Waals surface area contributed by atoms with Gasteiger partial charge in [-0.2, -0.15) is 5.26 Å². The van der Waals surface area contributed by atoms with E-state index in [-0.39, 0.29) is 30.6 Å². The summed E-state index contributed by atoms with van der Waals surface area (Å²) in [5.74, 6) is -0.0580. The first kappa shape index (κ1) is 31.8. The number of rotatable bonds is 5. The Morgan fingerprint density at radius 3 is 2.45 bits per heavy atom. The summed E-state index contributed by atoms with van der Waals surface area (Å²) in [6, 6.07) is 9.77. The highest BCUT2D eigenvalue weighted by molar-refractivity contribution is 5.92. The first-order valence-corrected chi connectivity index (χ1v) is 13.1. The first-order chi connectivity index (χ1) is 19.2. The molecule has 40 heavy (non-hydrogen) atoms. The van der Waals surface area contributed by atoms with Gasteiger partial charge in [-0.25, -0.2) is 0 Å². The lowest BCUT2D eigenvalue weighted by Gasteiger charge is -2.29. The predicted octanol–water partition coefficient (Wildman–Crippen LogP) is 1.27. The zero-order chi connectivity index (χ0) is 29.5. The van der Waals surface area contributed by atoms with E-state index in [4.69, 9.17) is 19.9 Å². The molecule has 12 nitrogen and oxygen atoms in total. The number of nitriles is 1. The summed E-state index contributed by atoms with van der Waals surface area (Å²) in [5, 5.41) is 21.8. The second kappa shape index (κ2) is 16.6. The first-order valence-electron chi connectivity index (χ1n) is 13.1. The molecule has 1 aromatic carbocycles. The van der Waals surface area contributed by atoms with Crippen LogP contribution in [0.2, 0.25) is 0 Å². The van der Waals surface area contributed by atoms with Crippen LogP contribution in [0.5, 0.6) is 5.75 Å². The predicted molar refractivity (Wildman–Crippen MR) is 147 cm³/mol. The fourth-order valence-corrected chi connectivity index (χ4v) is 4.32. The van der Waals surface area contributed by atoms with Crippen molar-refractivity contribution in [2.75, 3.05) is 33.8 Å². The van der Waals surface area contributed by atoms with E-state index in [1.165, 1.54) is 4.90 Å². The number of hydrogen-bond donors (Lipinski definition) is 4. The van der Waals surface area contributed by atoms with Crippen LogP contribution < -0.4 is 15.4 Å². The number of benzene rings is 1. The van der Waals surface area contributed by atoms with Crippen LogP contribution in [0.25, 0.3) is 0 Å². The van der Waals surface area contributed by atoms with E-state index in [0.717, 1.165) is 24.1 Å². The van der Waals surface area contributed by atoms with Crippen LogP contribution in [0.4, 0.5) is 0 Å². The van der Waals surface area contributed by atoms with Crippen molar-refractivity contribution < 1.29 is 29.0 Å². The molecule has 0 spiro atoms. The van der Waals surface area contributed by atoms with Crippen molar-refractivity contribution >= 4 is 24.2 Å². The SMILES string of the molecule is COc1ccc(C[C@@H]2NC(=O)CCCN(Cc3c[nH]c(C#N)c3)CCCNC(=O)[C@H](C)N(C)C2=O)cc1.O=CO. The summed E-state index contributed by atoms with van der Waals surface area (Å²) < 4.78 is 5.21. The van der Waals surface area contributed by atoms with Crippen LogP contribution in [0, 0.1) is 11.3 Å². The molecule has 2 heterocycles. The maximum Gasteiger partial charge on any atom is 0.290 e. The van der Waals surface area contributed by atoms with Crippen LogP contribution in [-0.4, -0.2) is 90.0 Å². The van der Waals surface area contributed by atoms with Gasteiger partial charge in [0.1, 0.15) is 29.6 Å². The van der Waals surface area contributed by atoms with Crippen molar-refractivity contribution in [1.29, 1.82) is 5.26 Å². The lowest BCUT2D eigenvalue weighted by molar-refractivity contribution is -0.141. The van der Waals surface area contributed by atoms with Gasteiger partial charge in [0.2, 0.25) is 17.7 Å². The van der Waals surface area contributed by atoms with Gasteiger partial charge in [-0.1, -0.05) is 12.1 Å². The Hall–Kier alpha value is -4.37. The van der Waals surface area contributed by atoms with Gasteiger partial charge in [-0.15, -0.1) is 0 Å². The molecule has 1 aliphatic heterocycles. The number of methoxy groups -OCH3 is 1. The minimum absolute atomic E-state index is 0.208. The molecule has 2 aromatic rings. The maximum atomic E-state index is 13.4. The number of likely N-dealkylation sites (N-methyl/N-ethyl adjacent to an activating group) is 1. The van der Waals surface area contributed by atoms with Crippen LogP contribution in [0.1, 0.15) is 43.0 Å². The highest BCUT2D eigenvalue weighted by Gasteiger charge is 2.30. The van der Waals surface area contributed by atoms with Crippen LogP contribution in [0.15, 0.2) is 36.5 Å². The Bertz CT molecular complexity index is 1160. The molecule has 1 aromatic heterocycles. The van der Waals surface area contributed by atoms with Crippen LogP contribution in [-0.2, 0) is 32.1 Å². The number of hydrogen-bond acceptors (Lipinski definition) is 7. The topological polar surface area (TPSA) is 168 Å². The van der Waals surface area contributed by atoms with E-state index in [0.29, 0.717) is 43.9 Å². The number of carbonyl (C=O) groups is 4. The van der Waals surface area contributed by atoms with Crippen molar-refractivity contribution in [1.82, 2.24) is 25.4 Å². The maximum absolute atomic E-state index is 13.4. The van der Waals surface area contributed by atoms with E-state index in [2.05, 4.69) is 26.6 Å². The Balaban J connectivity index is 0.00000178. The molecule has 4 N–H and O–H groups in total. The molecule has 2 atom stereocenters. The number of aromatic amines is 1. The van der Waals surface area contributed by atoms with Gasteiger partial charge in [0, 0.05) is 45.7 Å². The minimum Gasteiger partial charge on any atom is -0.497 e. The fourth-order valence-electron chi connectivity index (χ4n) is 4.32. The average molecular weight is 555 g/mol. The molecule has 1 fully saturated rings. The van der Waals surface area contributed by atoms with Gasteiger partial charge in [0.15, 0.2) is 0 Å². The highest BCUT2D eigenvalue weighted by atomic mass is 16.5. The highest BCUT2D eigenvalue weighted by Crippen LogP contribution is 2.15. The van der Waals surface area contributed by atoms with E-state index in [1.807, 2.05) is 36.5 Å².